The number of rotatable bonds is 7. The number of nitro benzene ring substituents is 1. The molecule has 3 aromatic rings. The highest BCUT2D eigenvalue weighted by Gasteiger charge is 2.47. The average molecular weight is 487 g/mol. The van der Waals surface area contributed by atoms with Crippen molar-refractivity contribution in [3.05, 3.63) is 105 Å². The molecule has 1 unspecified atom stereocenters. The summed E-state index contributed by atoms with van der Waals surface area (Å²) in [6.07, 6.45) is 0. The first kappa shape index (κ1) is 24.7. The van der Waals surface area contributed by atoms with Gasteiger partial charge in [-0.3, -0.25) is 24.6 Å². The highest BCUT2D eigenvalue weighted by molar-refractivity contribution is 6.51. The molecule has 0 aliphatic carbocycles. The summed E-state index contributed by atoms with van der Waals surface area (Å²) >= 11 is 0. The van der Waals surface area contributed by atoms with E-state index < -0.39 is 28.4 Å². The van der Waals surface area contributed by atoms with Crippen LogP contribution in [-0.2, 0) is 9.59 Å². The van der Waals surface area contributed by atoms with Crippen LogP contribution >= 0.6 is 0 Å². The molecule has 1 aliphatic heterocycles. The number of ether oxygens (including phenoxy) is 1. The summed E-state index contributed by atoms with van der Waals surface area (Å²) in [7, 11) is 0. The first-order valence-electron chi connectivity index (χ1n) is 11.5. The summed E-state index contributed by atoms with van der Waals surface area (Å²) in [6.45, 7) is 6.50. The maximum absolute atomic E-state index is 13.3. The molecule has 1 saturated heterocycles. The zero-order chi connectivity index (χ0) is 26.0. The number of carbonyl (C=O) groups is 2. The first-order chi connectivity index (χ1) is 17.2. The van der Waals surface area contributed by atoms with Crippen molar-refractivity contribution in [3.8, 4) is 5.75 Å². The number of aryl methyl sites for hydroxylation is 1. The van der Waals surface area contributed by atoms with E-state index in [1.807, 2.05) is 32.9 Å². The van der Waals surface area contributed by atoms with Crippen LogP contribution in [0.1, 0.15) is 36.6 Å². The Balaban J connectivity index is 1.85. The molecule has 3 aromatic carbocycles. The molecule has 1 N–H and O–H groups in total. The number of ketones is 1. The molecule has 1 heterocycles. The molecule has 0 radical (unpaired) electrons. The lowest BCUT2D eigenvalue weighted by Crippen LogP contribution is -2.29. The molecule has 36 heavy (non-hydrogen) atoms. The molecule has 1 amide bonds. The van der Waals surface area contributed by atoms with Gasteiger partial charge in [0.05, 0.1) is 23.1 Å². The van der Waals surface area contributed by atoms with Crippen molar-refractivity contribution in [1.82, 2.24) is 0 Å². The maximum atomic E-state index is 13.3. The van der Waals surface area contributed by atoms with E-state index in [2.05, 4.69) is 0 Å². The van der Waals surface area contributed by atoms with Crippen LogP contribution in [0.15, 0.2) is 78.4 Å². The number of carbonyl (C=O) groups excluding carboxylic acids is 2. The fourth-order valence-electron chi connectivity index (χ4n) is 4.14. The van der Waals surface area contributed by atoms with Crippen molar-refractivity contribution < 1.29 is 24.4 Å². The predicted molar refractivity (Wildman–Crippen MR) is 136 cm³/mol. The third-order valence-corrected chi connectivity index (χ3v) is 5.83. The van der Waals surface area contributed by atoms with E-state index in [9.17, 15) is 24.8 Å². The van der Waals surface area contributed by atoms with E-state index in [0.717, 1.165) is 5.56 Å². The van der Waals surface area contributed by atoms with E-state index >= 15 is 0 Å². The number of Topliss-reactive ketones (excluding diaryl/α,β-unsaturated/α-hetero) is 1. The molecule has 0 aromatic heterocycles. The molecule has 184 valence electrons. The molecule has 1 fully saturated rings. The van der Waals surface area contributed by atoms with Gasteiger partial charge in [-0.05, 0) is 42.7 Å². The van der Waals surface area contributed by atoms with Gasteiger partial charge < -0.3 is 9.84 Å². The Morgan fingerprint density at radius 1 is 1.06 bits per heavy atom. The Hall–Kier alpha value is -4.46. The van der Waals surface area contributed by atoms with Gasteiger partial charge >= 0.3 is 0 Å². The van der Waals surface area contributed by atoms with Gasteiger partial charge in [-0.15, -0.1) is 0 Å². The van der Waals surface area contributed by atoms with Gasteiger partial charge in [-0.2, -0.15) is 0 Å². The normalized spacial score (nSPS) is 17.0. The second-order valence-corrected chi connectivity index (χ2v) is 9.09. The van der Waals surface area contributed by atoms with Gasteiger partial charge in [0, 0.05) is 23.4 Å². The molecule has 1 atom stereocenters. The number of amides is 1. The summed E-state index contributed by atoms with van der Waals surface area (Å²) in [5.74, 6) is -1.16. The van der Waals surface area contributed by atoms with Crippen LogP contribution < -0.4 is 9.64 Å². The fourth-order valence-corrected chi connectivity index (χ4v) is 4.14. The standard InChI is InChI=1S/C28H26N2O6/c1-17(2)16-36-23-12-10-21(11-13-23)29-25(19-7-4-6-18(3)14-19)24(27(32)28(29)33)26(31)20-8-5-9-22(15-20)30(34)35/h4-15,17,25,31H,16H2,1-3H3/b26-24-. The minimum Gasteiger partial charge on any atom is -0.507 e. The largest absolute Gasteiger partial charge is 0.507 e. The lowest BCUT2D eigenvalue weighted by Gasteiger charge is -2.26. The Morgan fingerprint density at radius 3 is 2.39 bits per heavy atom. The van der Waals surface area contributed by atoms with Crippen molar-refractivity contribution in [2.24, 2.45) is 5.92 Å². The fraction of sp³-hybridized carbons (Fsp3) is 0.214. The van der Waals surface area contributed by atoms with Crippen molar-refractivity contribution >= 4 is 28.8 Å². The molecule has 4 rings (SSSR count). The summed E-state index contributed by atoms with van der Waals surface area (Å²) < 4.78 is 5.73. The minimum atomic E-state index is -0.924. The van der Waals surface area contributed by atoms with Gasteiger partial charge in [0.15, 0.2) is 0 Å². The number of anilines is 1. The van der Waals surface area contributed by atoms with Gasteiger partial charge in [0.25, 0.3) is 17.4 Å². The number of nitro groups is 1. The number of non-ortho nitro benzene ring substituents is 1. The Kier molecular flexibility index (Phi) is 6.87. The molecular weight excluding hydrogens is 460 g/mol. The van der Waals surface area contributed by atoms with Gasteiger partial charge in [-0.25, -0.2) is 0 Å². The monoisotopic (exact) mass is 486 g/mol. The summed E-state index contributed by atoms with van der Waals surface area (Å²) in [5, 5.41) is 22.4. The van der Waals surface area contributed by atoms with E-state index in [-0.39, 0.29) is 16.8 Å². The quantitative estimate of drug-likeness (QED) is 0.154. The predicted octanol–water partition coefficient (Wildman–Crippen LogP) is 5.56. The highest BCUT2D eigenvalue weighted by Crippen LogP contribution is 2.42. The molecule has 0 saturated carbocycles. The van der Waals surface area contributed by atoms with E-state index in [1.54, 1.807) is 36.4 Å². The first-order valence-corrected chi connectivity index (χ1v) is 11.5. The SMILES string of the molecule is Cc1cccc(C2/C(=C(/O)c3cccc([N+](=O)[O-])c3)C(=O)C(=O)N2c2ccc(OCC(C)C)cc2)c1. The van der Waals surface area contributed by atoms with Crippen molar-refractivity contribution in [3.63, 3.8) is 0 Å². The van der Waals surface area contributed by atoms with Gasteiger partial charge in [0.1, 0.15) is 11.5 Å². The Morgan fingerprint density at radius 2 is 1.75 bits per heavy atom. The van der Waals surface area contributed by atoms with Crippen LogP contribution in [0.3, 0.4) is 0 Å². The summed E-state index contributed by atoms with van der Waals surface area (Å²) in [5.41, 5.74) is 1.70. The Labute approximate surface area is 208 Å². The van der Waals surface area contributed by atoms with Crippen LogP contribution in [0.4, 0.5) is 11.4 Å². The van der Waals surface area contributed by atoms with E-state index in [0.29, 0.717) is 29.5 Å². The molecule has 1 aliphatic rings. The Bertz CT molecular complexity index is 1360. The number of aliphatic hydroxyl groups is 1. The van der Waals surface area contributed by atoms with E-state index in [4.69, 9.17) is 4.74 Å². The highest BCUT2D eigenvalue weighted by atomic mass is 16.6. The third kappa shape index (κ3) is 4.84. The average Bonchev–Trinajstić information content (AvgIpc) is 3.13. The molecule has 0 bridgehead atoms. The number of aliphatic hydroxyl groups excluding tert-OH is 1. The second-order valence-electron chi connectivity index (χ2n) is 9.09. The van der Waals surface area contributed by atoms with Crippen LogP contribution in [0.5, 0.6) is 5.75 Å². The van der Waals surface area contributed by atoms with Gasteiger partial charge in [-0.1, -0.05) is 55.8 Å². The van der Waals surface area contributed by atoms with Gasteiger partial charge in [0.2, 0.25) is 0 Å². The smallest absolute Gasteiger partial charge is 0.300 e. The lowest BCUT2D eigenvalue weighted by molar-refractivity contribution is -0.384. The topological polar surface area (TPSA) is 110 Å². The molecule has 8 heteroatoms. The number of benzene rings is 3. The number of hydrogen-bond donors (Lipinski definition) is 1. The summed E-state index contributed by atoms with van der Waals surface area (Å²) in [4.78, 5) is 38.6. The van der Waals surface area contributed by atoms with Crippen LogP contribution in [0.2, 0.25) is 0 Å². The van der Waals surface area contributed by atoms with Crippen LogP contribution in [0, 0.1) is 23.0 Å². The zero-order valence-electron chi connectivity index (χ0n) is 20.2. The maximum Gasteiger partial charge on any atom is 0.300 e. The third-order valence-electron chi connectivity index (χ3n) is 5.83. The lowest BCUT2D eigenvalue weighted by atomic mass is 9.94. The van der Waals surface area contributed by atoms with Crippen molar-refractivity contribution in [2.45, 2.75) is 26.8 Å². The van der Waals surface area contributed by atoms with Crippen LogP contribution in [-0.4, -0.2) is 28.3 Å². The molecule has 0 spiro atoms. The van der Waals surface area contributed by atoms with Crippen molar-refractivity contribution in [2.75, 3.05) is 11.5 Å². The number of nitrogens with zero attached hydrogens (tertiary/aromatic N) is 2. The number of hydrogen-bond acceptors (Lipinski definition) is 6. The summed E-state index contributed by atoms with van der Waals surface area (Å²) in [6, 6.07) is 18.6. The minimum absolute atomic E-state index is 0.0808. The van der Waals surface area contributed by atoms with Crippen molar-refractivity contribution in [1.29, 1.82) is 0 Å². The van der Waals surface area contributed by atoms with E-state index in [1.165, 1.54) is 29.2 Å². The van der Waals surface area contributed by atoms with Crippen LogP contribution in [0.25, 0.3) is 5.76 Å². The zero-order valence-corrected chi connectivity index (χ0v) is 20.2. The molecular formula is C28H26N2O6. The molecule has 8 nitrogen and oxygen atoms in total. The second kappa shape index (κ2) is 10.0.